The normalized spacial score (nSPS) is 11.6. The van der Waals surface area contributed by atoms with Gasteiger partial charge in [0, 0.05) is 5.25 Å². The van der Waals surface area contributed by atoms with Gasteiger partial charge in [-0.1, -0.05) is 26.7 Å². The summed E-state index contributed by atoms with van der Waals surface area (Å²) in [5.74, 6) is 0. The van der Waals surface area contributed by atoms with Crippen molar-refractivity contribution in [3.63, 3.8) is 0 Å². The summed E-state index contributed by atoms with van der Waals surface area (Å²) in [6.45, 7) is 4.47. The van der Waals surface area contributed by atoms with Crippen LogP contribution in [0.15, 0.2) is 4.40 Å². The fourth-order valence-corrected chi connectivity index (χ4v) is 2.30. The van der Waals surface area contributed by atoms with Crippen LogP contribution in [0.3, 0.4) is 0 Å². The second kappa shape index (κ2) is 8.84. The summed E-state index contributed by atoms with van der Waals surface area (Å²) < 4.78 is 6.04. The molecular weight excluding hydrogens is 269 g/mol. The summed E-state index contributed by atoms with van der Waals surface area (Å²) in [5, 5.41) is 0.746. The molecule has 0 spiro atoms. The highest BCUT2D eigenvalue weighted by molar-refractivity contribution is 14.1. The van der Waals surface area contributed by atoms with Gasteiger partial charge in [-0.2, -0.15) is 0 Å². The molecule has 1 nitrogen and oxygen atoms in total. The van der Waals surface area contributed by atoms with Crippen LogP contribution in [0.25, 0.3) is 0 Å². The quantitative estimate of drug-likeness (QED) is 0.407. The van der Waals surface area contributed by atoms with Crippen molar-refractivity contribution in [2.45, 2.75) is 44.8 Å². The Labute approximate surface area is 87.7 Å². The van der Waals surface area contributed by atoms with E-state index >= 15 is 0 Å². The summed E-state index contributed by atoms with van der Waals surface area (Å²) in [7, 11) is 0. The Morgan fingerprint density at radius 3 is 2.27 bits per heavy atom. The molecule has 0 bridgehead atoms. The summed E-state index contributed by atoms with van der Waals surface area (Å²) in [6.07, 6.45) is 5.14. The fraction of sp³-hybridized carbons (Fsp3) is 0.875. The molecular formula is C8H16INS. The largest absolute Gasteiger partial charge is 0.218 e. The molecule has 0 rings (SSSR count). The number of hydrogen-bond acceptors (Lipinski definition) is 2. The van der Waals surface area contributed by atoms with E-state index in [4.69, 9.17) is 0 Å². The van der Waals surface area contributed by atoms with Gasteiger partial charge in [-0.05, 0) is 47.4 Å². The molecule has 0 fully saturated rings. The molecule has 0 aromatic heterocycles. The van der Waals surface area contributed by atoms with Crippen molar-refractivity contribution in [3.8, 4) is 0 Å². The third-order valence-corrected chi connectivity index (χ3v) is 3.12. The van der Waals surface area contributed by atoms with Gasteiger partial charge in [0.15, 0.2) is 0 Å². The zero-order valence-corrected chi connectivity index (χ0v) is 10.2. The second-order valence-electron chi connectivity index (χ2n) is 2.51. The second-order valence-corrected chi connectivity index (χ2v) is 4.15. The molecule has 0 aromatic carbocycles. The fourth-order valence-electron chi connectivity index (χ4n) is 1.00. The lowest BCUT2D eigenvalue weighted by molar-refractivity contribution is 0.673. The molecule has 0 unspecified atom stereocenters. The average molecular weight is 285 g/mol. The predicted molar refractivity (Wildman–Crippen MR) is 63.7 cm³/mol. The molecule has 0 N–H and O–H groups in total. The van der Waals surface area contributed by atoms with Gasteiger partial charge in [0.1, 0.15) is 0 Å². The number of halogens is 1. The number of nitrogens with zero attached hydrogens (tertiary/aromatic N) is 1. The average Bonchev–Trinajstić information content (AvgIpc) is 2.01. The van der Waals surface area contributed by atoms with Crippen LogP contribution in [0.5, 0.6) is 0 Å². The van der Waals surface area contributed by atoms with Gasteiger partial charge in [-0.15, -0.1) is 0 Å². The molecule has 66 valence electrons. The highest BCUT2D eigenvalue weighted by Crippen LogP contribution is 2.21. The Balaban J connectivity index is 3.50. The monoisotopic (exact) mass is 285 g/mol. The van der Waals surface area contributed by atoms with E-state index in [1.165, 1.54) is 25.7 Å². The maximum atomic E-state index is 4.19. The van der Waals surface area contributed by atoms with Crippen molar-refractivity contribution >= 4 is 38.8 Å². The molecule has 0 radical (unpaired) electrons. The van der Waals surface area contributed by atoms with Gasteiger partial charge in [0.05, 0.1) is 4.22 Å². The van der Waals surface area contributed by atoms with E-state index in [0.29, 0.717) is 0 Å². The van der Waals surface area contributed by atoms with E-state index in [-0.39, 0.29) is 0 Å². The summed E-state index contributed by atoms with van der Waals surface area (Å²) in [6, 6.07) is 0. The summed E-state index contributed by atoms with van der Waals surface area (Å²) in [5.41, 5.74) is 0. The number of hydrogen-bond donors (Lipinski definition) is 0. The maximum absolute atomic E-state index is 4.19. The maximum Gasteiger partial charge on any atom is 0.0734 e. The topological polar surface area (TPSA) is 12.4 Å². The first kappa shape index (κ1) is 11.8. The lowest BCUT2D eigenvalue weighted by Crippen LogP contribution is -1.99. The van der Waals surface area contributed by atoms with E-state index in [0.717, 1.165) is 5.25 Å². The predicted octanol–water partition coefficient (Wildman–Crippen LogP) is 4.07. The molecule has 3 heteroatoms. The van der Waals surface area contributed by atoms with Gasteiger partial charge >= 0.3 is 0 Å². The molecule has 0 atom stereocenters. The van der Waals surface area contributed by atoms with Gasteiger partial charge in [0.25, 0.3) is 0 Å². The first-order valence-electron chi connectivity index (χ1n) is 4.13. The van der Waals surface area contributed by atoms with Crippen LogP contribution in [0.2, 0.25) is 0 Å². The summed E-state index contributed by atoms with van der Waals surface area (Å²) in [4.78, 5) is 0. The van der Waals surface area contributed by atoms with Gasteiger partial charge in [-0.25, -0.2) is 4.40 Å². The van der Waals surface area contributed by atoms with Crippen LogP contribution in [0.4, 0.5) is 0 Å². The van der Waals surface area contributed by atoms with Crippen molar-refractivity contribution in [1.82, 2.24) is 0 Å². The van der Waals surface area contributed by atoms with Crippen LogP contribution in [0.1, 0.15) is 39.5 Å². The minimum Gasteiger partial charge on any atom is -0.218 e. The molecule has 0 aliphatic carbocycles. The Hall–Kier alpha value is 0.750. The lowest BCUT2D eigenvalue weighted by atomic mass is 10.2. The summed E-state index contributed by atoms with van der Waals surface area (Å²) >= 11 is 3.90. The van der Waals surface area contributed by atoms with E-state index in [2.05, 4.69) is 40.8 Å². The highest BCUT2D eigenvalue weighted by Gasteiger charge is 2.05. The standard InChI is InChI=1S/C8H16INS/c1-3-5-8(6-4-2)11-10-7-9/h7-8H,3-6H2,1-2H3/b10-7-. The lowest BCUT2D eigenvalue weighted by Gasteiger charge is -2.09. The zero-order chi connectivity index (χ0) is 8.53. The first-order chi connectivity index (χ1) is 5.35. The van der Waals surface area contributed by atoms with Crippen LogP contribution < -0.4 is 0 Å². The minimum absolute atomic E-state index is 0.746. The molecule has 0 amide bonds. The van der Waals surface area contributed by atoms with Crippen LogP contribution in [-0.2, 0) is 0 Å². The third-order valence-electron chi connectivity index (χ3n) is 1.47. The molecule has 0 aliphatic rings. The Bertz CT molecular complexity index is 100. The van der Waals surface area contributed by atoms with Crippen molar-refractivity contribution in [3.05, 3.63) is 0 Å². The molecule has 0 heterocycles. The van der Waals surface area contributed by atoms with Crippen molar-refractivity contribution in [1.29, 1.82) is 0 Å². The van der Waals surface area contributed by atoms with Crippen LogP contribution >= 0.6 is 34.5 Å². The van der Waals surface area contributed by atoms with E-state index in [1.807, 2.05) is 4.22 Å². The smallest absolute Gasteiger partial charge is 0.0734 e. The third kappa shape index (κ3) is 7.12. The van der Waals surface area contributed by atoms with Crippen molar-refractivity contribution in [2.24, 2.45) is 4.40 Å². The molecule has 0 aliphatic heterocycles. The molecule has 0 saturated carbocycles. The van der Waals surface area contributed by atoms with Gasteiger partial charge in [-0.3, -0.25) is 0 Å². The van der Waals surface area contributed by atoms with E-state index in [9.17, 15) is 0 Å². The molecule has 11 heavy (non-hydrogen) atoms. The SMILES string of the molecule is CCCC(CCC)S/N=C\I. The molecule has 0 saturated heterocycles. The zero-order valence-electron chi connectivity index (χ0n) is 7.22. The van der Waals surface area contributed by atoms with E-state index in [1.54, 1.807) is 11.9 Å². The van der Waals surface area contributed by atoms with Gasteiger partial charge < -0.3 is 0 Å². The Morgan fingerprint density at radius 1 is 1.36 bits per heavy atom. The van der Waals surface area contributed by atoms with Crippen LogP contribution in [-0.4, -0.2) is 9.47 Å². The Kier molecular flexibility index (Phi) is 9.45. The van der Waals surface area contributed by atoms with Crippen molar-refractivity contribution in [2.75, 3.05) is 0 Å². The number of rotatable bonds is 6. The van der Waals surface area contributed by atoms with Crippen LogP contribution in [0, 0.1) is 0 Å². The van der Waals surface area contributed by atoms with Crippen molar-refractivity contribution < 1.29 is 0 Å². The van der Waals surface area contributed by atoms with E-state index < -0.39 is 0 Å². The highest BCUT2D eigenvalue weighted by atomic mass is 127. The first-order valence-corrected chi connectivity index (χ1v) is 6.21. The molecule has 0 aromatic rings. The minimum atomic E-state index is 0.746. The van der Waals surface area contributed by atoms with Gasteiger partial charge in [0.2, 0.25) is 0 Å². The Morgan fingerprint density at radius 2 is 1.91 bits per heavy atom.